The summed E-state index contributed by atoms with van der Waals surface area (Å²) >= 11 is 0. The van der Waals surface area contributed by atoms with Crippen LogP contribution in [0.4, 0.5) is 4.79 Å². The van der Waals surface area contributed by atoms with Crippen molar-refractivity contribution in [2.75, 3.05) is 6.54 Å². The van der Waals surface area contributed by atoms with E-state index in [0.29, 0.717) is 24.8 Å². The zero-order valence-electron chi connectivity index (χ0n) is 25.2. The molecule has 0 aromatic carbocycles. The molecule has 2 fully saturated rings. The number of nitrogens with two attached hydrogens (primary N) is 1. The molecule has 0 saturated heterocycles. The summed E-state index contributed by atoms with van der Waals surface area (Å²) in [5, 5.41) is 2.96. The summed E-state index contributed by atoms with van der Waals surface area (Å²) in [5.41, 5.74) is 6.15. The predicted octanol–water partition coefficient (Wildman–Crippen LogP) is 8.09. The van der Waals surface area contributed by atoms with Crippen molar-refractivity contribution in [3.63, 3.8) is 0 Å². The maximum Gasteiger partial charge on any atom is 0.407 e. The lowest BCUT2D eigenvalue weighted by molar-refractivity contribution is -0.136. The number of Topliss-reactive ketones (excluding diaryl/α,β-unsaturated/α-hetero) is 1. The lowest BCUT2D eigenvalue weighted by atomic mass is 9.61. The Hall–Kier alpha value is -0.875. The first-order valence-corrected chi connectivity index (χ1v) is 16.4. The van der Waals surface area contributed by atoms with Gasteiger partial charge in [-0.2, -0.15) is 0 Å². The summed E-state index contributed by atoms with van der Waals surface area (Å²) in [6.07, 6.45) is 25.0. The van der Waals surface area contributed by atoms with Crippen LogP contribution in [0, 0.1) is 17.3 Å². The van der Waals surface area contributed by atoms with Crippen molar-refractivity contribution in [2.45, 2.75) is 168 Å². The van der Waals surface area contributed by atoms with Crippen molar-refractivity contribution < 1.29 is 14.2 Å². The van der Waals surface area contributed by atoms with Crippen LogP contribution in [0.5, 0.6) is 0 Å². The minimum absolute atomic E-state index is 0.145. The number of nitrogens with one attached hydrogen (secondary N) is 1. The Labute approximate surface area is 235 Å². The first-order valence-electron chi connectivity index (χ1n) is 16.4. The van der Waals surface area contributed by atoms with Crippen LogP contribution in [0.25, 0.3) is 0 Å². The Bertz CT molecular complexity index is 639. The fraction of sp³-hybridized carbons (Fsp3) is 0.938. The predicted molar refractivity (Wildman–Crippen MR) is 160 cm³/mol. The van der Waals surface area contributed by atoms with E-state index in [0.717, 1.165) is 38.5 Å². The molecule has 3 N–H and O–H groups in total. The van der Waals surface area contributed by atoms with Crippen LogP contribution in [0.15, 0.2) is 0 Å². The van der Waals surface area contributed by atoms with Crippen LogP contribution >= 0.6 is 0 Å². The number of carbonyl (C=O) groups is 2. The molecule has 2 unspecified atom stereocenters. The van der Waals surface area contributed by atoms with E-state index in [1.165, 1.54) is 97.4 Å². The van der Waals surface area contributed by atoms with Gasteiger partial charge in [0.1, 0.15) is 0 Å². The maximum absolute atomic E-state index is 13.6. The highest BCUT2D eigenvalue weighted by atomic mass is 16.4. The first-order chi connectivity index (χ1) is 18.4. The van der Waals surface area contributed by atoms with Crippen molar-refractivity contribution in [1.82, 2.24) is 5.32 Å². The van der Waals surface area contributed by atoms with Gasteiger partial charge in [0.05, 0.1) is 6.04 Å². The summed E-state index contributed by atoms with van der Waals surface area (Å²) < 4.78 is 5.91. The third-order valence-corrected chi connectivity index (χ3v) is 9.68. The molecule has 1 amide bonds. The van der Waals surface area contributed by atoms with Gasteiger partial charge in [-0.15, -0.1) is 0 Å². The second-order valence-electron chi connectivity index (χ2n) is 12.9. The van der Waals surface area contributed by atoms with E-state index in [-0.39, 0.29) is 23.1 Å². The van der Waals surface area contributed by atoms with Crippen LogP contribution in [-0.4, -0.2) is 37.8 Å². The molecule has 0 aromatic heterocycles. The molecule has 0 bridgehead atoms. The highest BCUT2D eigenvalue weighted by Gasteiger charge is 2.44. The number of carbonyl (C=O) groups excluding carboxylic acids is 2. The number of rotatable bonds is 12. The monoisotopic (exact) mass is 531 g/mol. The Kier molecular flexibility index (Phi) is 16.9. The highest BCUT2D eigenvalue weighted by molar-refractivity contribution is 6.68. The molecule has 5 nitrogen and oxygen atoms in total. The topological polar surface area (TPSA) is 81.4 Å². The molecular weight excluding hydrogens is 471 g/mol. The Morgan fingerprint density at radius 3 is 1.79 bits per heavy atom. The minimum Gasteiger partial charge on any atom is -0.427 e. The molecule has 0 heterocycles. The molecule has 0 spiro atoms. The molecule has 2 saturated carbocycles. The van der Waals surface area contributed by atoms with Crippen LogP contribution in [-0.2, 0) is 9.45 Å². The molecule has 6 heteroatoms. The second-order valence-corrected chi connectivity index (χ2v) is 12.9. The van der Waals surface area contributed by atoms with Gasteiger partial charge in [-0.25, -0.2) is 0 Å². The molecule has 2 rings (SSSR count). The zero-order chi connectivity index (χ0) is 27.6. The van der Waals surface area contributed by atoms with Crippen LogP contribution in [0.1, 0.15) is 156 Å². The van der Waals surface area contributed by atoms with Crippen molar-refractivity contribution >= 4 is 19.1 Å². The van der Waals surface area contributed by atoms with Gasteiger partial charge < -0.3 is 15.7 Å². The largest absolute Gasteiger partial charge is 0.427 e. The van der Waals surface area contributed by atoms with E-state index in [1.54, 1.807) is 0 Å². The van der Waals surface area contributed by atoms with Gasteiger partial charge >= 0.3 is 7.48 Å². The van der Waals surface area contributed by atoms with Crippen LogP contribution in [0.2, 0.25) is 0 Å². The molecule has 2 aliphatic rings. The molecule has 2 aliphatic carbocycles. The number of amides is 1. The summed E-state index contributed by atoms with van der Waals surface area (Å²) in [5.74, 6) is 0.840. The van der Waals surface area contributed by atoms with E-state index >= 15 is 0 Å². The van der Waals surface area contributed by atoms with E-state index < -0.39 is 6.04 Å². The Morgan fingerprint density at radius 1 is 0.816 bits per heavy atom. The lowest BCUT2D eigenvalue weighted by Gasteiger charge is -2.42. The van der Waals surface area contributed by atoms with Crippen LogP contribution < -0.4 is 11.1 Å². The van der Waals surface area contributed by atoms with Crippen molar-refractivity contribution in [3.8, 4) is 0 Å². The average molecular weight is 532 g/mol. The first kappa shape index (κ1) is 33.3. The minimum atomic E-state index is -0.417. The third-order valence-electron chi connectivity index (χ3n) is 9.68. The standard InChI is InChI=1S/C32H60BN2O3/c1-26(2)32(3,27-20-14-10-9-11-15-21-27)30(36)29(34)24-18-19-25-35-31(37)33-38-28-22-16-12-7-5-4-6-8-13-17-23-28/h26-29H,4-25,34H2,1-3H3,(H,35,37). The highest BCUT2D eigenvalue weighted by Crippen LogP contribution is 2.44. The van der Waals surface area contributed by atoms with E-state index in [9.17, 15) is 9.59 Å². The van der Waals surface area contributed by atoms with Crippen molar-refractivity contribution in [1.29, 1.82) is 0 Å². The second kappa shape index (κ2) is 19.2. The average Bonchev–Trinajstić information content (AvgIpc) is 2.87. The summed E-state index contributed by atoms with van der Waals surface area (Å²) in [6.45, 7) is 7.16. The van der Waals surface area contributed by atoms with E-state index in [2.05, 4.69) is 26.1 Å². The lowest BCUT2D eigenvalue weighted by Crippen LogP contribution is -2.49. The Balaban J connectivity index is 1.67. The number of ketones is 1. The van der Waals surface area contributed by atoms with Gasteiger partial charge in [0.15, 0.2) is 5.78 Å². The molecule has 2 atom stereocenters. The van der Waals surface area contributed by atoms with Crippen LogP contribution in [0.3, 0.4) is 0 Å². The van der Waals surface area contributed by atoms with E-state index in [1.807, 2.05) is 0 Å². The normalized spacial score (nSPS) is 22.2. The van der Waals surface area contributed by atoms with Crippen molar-refractivity contribution in [2.24, 2.45) is 23.0 Å². The molecule has 219 valence electrons. The summed E-state index contributed by atoms with van der Waals surface area (Å²) in [6, 6.07) is -0.417. The smallest absolute Gasteiger partial charge is 0.407 e. The molecular formula is C32H60BN2O3. The van der Waals surface area contributed by atoms with Gasteiger partial charge in [0.25, 0.3) is 0 Å². The fourth-order valence-electron chi connectivity index (χ4n) is 6.71. The number of hydrogen-bond donors (Lipinski definition) is 2. The quantitative estimate of drug-likeness (QED) is 0.197. The molecule has 0 aliphatic heterocycles. The van der Waals surface area contributed by atoms with Gasteiger partial charge in [-0.3, -0.25) is 9.59 Å². The van der Waals surface area contributed by atoms with Gasteiger partial charge in [0, 0.05) is 18.1 Å². The van der Waals surface area contributed by atoms with Gasteiger partial charge in [-0.1, -0.05) is 111 Å². The van der Waals surface area contributed by atoms with Gasteiger partial charge in [-0.05, 0) is 56.8 Å². The van der Waals surface area contributed by atoms with Gasteiger partial charge in [0.2, 0.25) is 5.81 Å². The fourth-order valence-corrected chi connectivity index (χ4v) is 6.71. The Morgan fingerprint density at radius 2 is 1.29 bits per heavy atom. The molecule has 1 radical (unpaired) electrons. The number of unbranched alkanes of at least 4 members (excludes halogenated alkanes) is 1. The molecule has 38 heavy (non-hydrogen) atoms. The van der Waals surface area contributed by atoms with Crippen molar-refractivity contribution in [3.05, 3.63) is 0 Å². The number of hydrogen-bond acceptors (Lipinski definition) is 4. The third kappa shape index (κ3) is 12.1. The summed E-state index contributed by atoms with van der Waals surface area (Å²) in [4.78, 5) is 25.9. The van der Waals surface area contributed by atoms with E-state index in [4.69, 9.17) is 10.4 Å². The summed E-state index contributed by atoms with van der Waals surface area (Å²) in [7, 11) is 1.40. The molecule has 0 aromatic rings. The SMILES string of the molecule is CC(C)C(C)(C(=O)C(N)CCCCNC(=O)[B]OC1CCCCCCCCCCC1)C1CCCCCCC1. The maximum atomic E-state index is 13.6. The zero-order valence-corrected chi connectivity index (χ0v) is 25.2.